The number of nitrogens with zero attached hydrogens (tertiary/aromatic N) is 2. The fraction of sp³-hybridized carbons (Fsp3) is 0. The molecule has 1 heterocycles. The molecule has 110 valence electrons. The smallest absolute Gasteiger partial charge is 0.400 e. The molecule has 0 saturated carbocycles. The lowest BCUT2D eigenvalue weighted by Crippen LogP contribution is -1.98. The molecule has 0 unspecified atom stereocenters. The molecule has 21 heavy (non-hydrogen) atoms. The molecule has 2 N–H and O–H groups in total. The first-order valence-electron chi connectivity index (χ1n) is 5.47. The van der Waals surface area contributed by atoms with E-state index in [1.165, 1.54) is 42.6 Å². The highest BCUT2D eigenvalue weighted by atomic mass is 32.2. The number of anilines is 1. The van der Waals surface area contributed by atoms with E-state index in [1.807, 2.05) is 0 Å². The van der Waals surface area contributed by atoms with E-state index in [9.17, 15) is 18.5 Å². The van der Waals surface area contributed by atoms with Crippen molar-refractivity contribution in [2.24, 2.45) is 5.10 Å². The molecule has 0 radical (unpaired) electrons. The number of hydrazone groups is 1. The van der Waals surface area contributed by atoms with Crippen LogP contribution in [-0.2, 0) is 10.1 Å². The largest absolute Gasteiger partial charge is 0.433 e. The number of furan rings is 1. The molecule has 0 aliphatic heterocycles. The summed E-state index contributed by atoms with van der Waals surface area (Å²) in [5, 5.41) is 14.2. The summed E-state index contributed by atoms with van der Waals surface area (Å²) in [5.41, 5.74) is 3.03. The zero-order valence-electron chi connectivity index (χ0n) is 10.3. The topological polar surface area (TPSA) is 135 Å². The highest BCUT2D eigenvalue weighted by Crippen LogP contribution is 2.15. The average molecular weight is 311 g/mol. The Morgan fingerprint density at radius 1 is 1.24 bits per heavy atom. The summed E-state index contributed by atoms with van der Waals surface area (Å²) in [5.74, 6) is -0.210. The minimum atomic E-state index is -4.23. The molecule has 0 spiro atoms. The van der Waals surface area contributed by atoms with E-state index in [0.29, 0.717) is 5.69 Å². The lowest BCUT2D eigenvalue weighted by molar-refractivity contribution is -0.402. The predicted octanol–water partition coefficient (Wildman–Crippen LogP) is 1.88. The molecule has 0 amide bonds. The van der Waals surface area contributed by atoms with Crippen molar-refractivity contribution in [3.63, 3.8) is 0 Å². The van der Waals surface area contributed by atoms with Crippen LogP contribution in [0.5, 0.6) is 0 Å². The molecule has 9 nitrogen and oxygen atoms in total. The SMILES string of the molecule is O=[N+]([O-])c1ccc(C=NNc2ccc(S(=O)(=O)O)cc2)o1. The standard InChI is InChI=1S/C11H9N3O6S/c15-14(16)11-6-3-9(20-11)7-12-13-8-1-4-10(5-2-8)21(17,18)19/h1-7,13H,(H,17,18,19). The summed E-state index contributed by atoms with van der Waals surface area (Å²) in [4.78, 5) is 9.50. The Labute approximate surface area is 118 Å². The highest BCUT2D eigenvalue weighted by Gasteiger charge is 2.10. The zero-order valence-corrected chi connectivity index (χ0v) is 11.1. The minimum absolute atomic E-state index is 0.184. The lowest BCUT2D eigenvalue weighted by atomic mass is 10.3. The first-order chi connectivity index (χ1) is 9.86. The quantitative estimate of drug-likeness (QED) is 0.372. The number of benzene rings is 1. The van der Waals surface area contributed by atoms with Gasteiger partial charge in [-0.2, -0.15) is 13.5 Å². The number of nitrogens with one attached hydrogen (secondary N) is 1. The third-order valence-electron chi connectivity index (χ3n) is 2.33. The second-order valence-electron chi connectivity index (χ2n) is 3.80. The van der Waals surface area contributed by atoms with Gasteiger partial charge in [0.2, 0.25) is 0 Å². The Balaban J connectivity index is 2.02. The van der Waals surface area contributed by atoms with E-state index in [0.717, 1.165) is 0 Å². The number of hydrogen-bond acceptors (Lipinski definition) is 7. The van der Waals surface area contributed by atoms with Crippen LogP contribution in [0.25, 0.3) is 0 Å². The predicted molar refractivity (Wildman–Crippen MR) is 72.8 cm³/mol. The maximum absolute atomic E-state index is 10.8. The zero-order chi connectivity index (χ0) is 15.5. The van der Waals surface area contributed by atoms with Gasteiger partial charge in [-0.25, -0.2) is 0 Å². The first-order valence-corrected chi connectivity index (χ1v) is 6.91. The second kappa shape index (κ2) is 5.73. The maximum atomic E-state index is 10.8. The molecule has 2 rings (SSSR count). The van der Waals surface area contributed by atoms with Crippen LogP contribution in [0.2, 0.25) is 0 Å². The van der Waals surface area contributed by atoms with Gasteiger partial charge in [-0.3, -0.25) is 20.1 Å². The molecule has 0 saturated heterocycles. The van der Waals surface area contributed by atoms with Crippen molar-refractivity contribution < 1.29 is 22.3 Å². The average Bonchev–Trinajstić information content (AvgIpc) is 2.87. The molecule has 1 aromatic heterocycles. The Bertz CT molecular complexity index is 779. The van der Waals surface area contributed by atoms with E-state index in [-0.39, 0.29) is 10.7 Å². The van der Waals surface area contributed by atoms with Crippen molar-refractivity contribution in [3.05, 3.63) is 52.3 Å². The van der Waals surface area contributed by atoms with Gasteiger partial charge in [0.05, 0.1) is 22.9 Å². The van der Waals surface area contributed by atoms with E-state index in [2.05, 4.69) is 10.5 Å². The lowest BCUT2D eigenvalue weighted by Gasteiger charge is -2.00. The van der Waals surface area contributed by atoms with Crippen molar-refractivity contribution >= 4 is 27.9 Å². The van der Waals surface area contributed by atoms with Crippen LogP contribution >= 0.6 is 0 Å². The minimum Gasteiger partial charge on any atom is -0.400 e. The van der Waals surface area contributed by atoms with Crippen LogP contribution in [0, 0.1) is 10.1 Å². The van der Waals surface area contributed by atoms with Gasteiger partial charge in [0.1, 0.15) is 4.92 Å². The third-order valence-corrected chi connectivity index (χ3v) is 3.20. The van der Waals surface area contributed by atoms with Gasteiger partial charge >= 0.3 is 5.88 Å². The second-order valence-corrected chi connectivity index (χ2v) is 5.22. The summed E-state index contributed by atoms with van der Waals surface area (Å²) >= 11 is 0. The van der Waals surface area contributed by atoms with E-state index < -0.39 is 20.9 Å². The highest BCUT2D eigenvalue weighted by molar-refractivity contribution is 7.85. The summed E-state index contributed by atoms with van der Waals surface area (Å²) < 4.78 is 35.3. The summed E-state index contributed by atoms with van der Waals surface area (Å²) in [6.45, 7) is 0. The van der Waals surface area contributed by atoms with Crippen LogP contribution < -0.4 is 5.43 Å². The van der Waals surface area contributed by atoms with Crippen LogP contribution in [0.15, 0.2) is 50.8 Å². The monoisotopic (exact) mass is 311 g/mol. The summed E-state index contributed by atoms with van der Waals surface area (Å²) in [6, 6.07) is 7.76. The van der Waals surface area contributed by atoms with E-state index in [1.54, 1.807) is 0 Å². The number of nitro groups is 1. The van der Waals surface area contributed by atoms with Crippen molar-refractivity contribution in [1.29, 1.82) is 0 Å². The van der Waals surface area contributed by atoms with Crippen LogP contribution in [0.3, 0.4) is 0 Å². The van der Waals surface area contributed by atoms with Crippen LogP contribution in [0.1, 0.15) is 5.76 Å². The van der Waals surface area contributed by atoms with Gasteiger partial charge in [0, 0.05) is 0 Å². The van der Waals surface area contributed by atoms with Gasteiger partial charge in [0.15, 0.2) is 5.76 Å². The number of rotatable bonds is 5. The van der Waals surface area contributed by atoms with Crippen molar-refractivity contribution in [2.45, 2.75) is 4.90 Å². The van der Waals surface area contributed by atoms with Gasteiger partial charge in [0.25, 0.3) is 10.1 Å². The molecular formula is C11H9N3O6S. The molecule has 0 bridgehead atoms. The Morgan fingerprint density at radius 3 is 2.43 bits per heavy atom. The van der Waals surface area contributed by atoms with Crippen molar-refractivity contribution in [2.75, 3.05) is 5.43 Å². The fourth-order valence-electron chi connectivity index (χ4n) is 1.38. The Morgan fingerprint density at radius 2 is 1.90 bits per heavy atom. The normalized spacial score (nSPS) is 11.7. The first kappa shape index (κ1) is 14.7. The van der Waals surface area contributed by atoms with Gasteiger partial charge in [-0.05, 0) is 30.3 Å². The molecular weight excluding hydrogens is 302 g/mol. The van der Waals surface area contributed by atoms with Crippen molar-refractivity contribution in [1.82, 2.24) is 0 Å². The van der Waals surface area contributed by atoms with Crippen LogP contribution in [-0.4, -0.2) is 24.1 Å². The summed E-state index contributed by atoms with van der Waals surface area (Å²) in [7, 11) is -4.23. The Hall–Kier alpha value is -2.72. The molecule has 0 aliphatic rings. The van der Waals surface area contributed by atoms with E-state index >= 15 is 0 Å². The molecule has 0 fully saturated rings. The van der Waals surface area contributed by atoms with Gasteiger partial charge < -0.3 is 4.42 Å². The number of hydrogen-bond donors (Lipinski definition) is 2. The molecule has 10 heteroatoms. The fourth-order valence-corrected chi connectivity index (χ4v) is 1.86. The molecule has 0 aliphatic carbocycles. The van der Waals surface area contributed by atoms with Crippen molar-refractivity contribution in [3.8, 4) is 0 Å². The van der Waals surface area contributed by atoms with Gasteiger partial charge in [-0.15, -0.1) is 0 Å². The third kappa shape index (κ3) is 3.87. The molecule has 1 aromatic carbocycles. The van der Waals surface area contributed by atoms with Crippen LogP contribution in [0.4, 0.5) is 11.6 Å². The Kier molecular flexibility index (Phi) is 4.00. The molecule has 0 atom stereocenters. The van der Waals surface area contributed by atoms with E-state index in [4.69, 9.17) is 8.97 Å². The molecule has 2 aromatic rings. The maximum Gasteiger partial charge on any atom is 0.433 e. The summed E-state index contributed by atoms with van der Waals surface area (Å²) in [6.07, 6.45) is 1.23. The van der Waals surface area contributed by atoms with Gasteiger partial charge in [-0.1, -0.05) is 0 Å².